The van der Waals surface area contributed by atoms with Crippen LogP contribution in [0.5, 0.6) is 0 Å². The van der Waals surface area contributed by atoms with Gasteiger partial charge in [-0.1, -0.05) is 6.92 Å². The number of halogens is 2. The fourth-order valence-corrected chi connectivity index (χ4v) is 0.764. The first-order chi connectivity index (χ1) is 5.70. The predicted octanol–water partition coefficient (Wildman–Crippen LogP) is 0.239. The Kier molecular flexibility index (Phi) is 7.23. The average molecular weight is 183 g/mol. The van der Waals surface area contributed by atoms with Crippen molar-refractivity contribution in [2.75, 3.05) is 26.4 Å². The molecule has 0 aliphatic carbocycles. The molecular formula is C7H15F2NO2. The Bertz CT molecular complexity index is 103. The maximum atomic E-state index is 11.6. The van der Waals surface area contributed by atoms with Gasteiger partial charge in [-0.3, -0.25) is 0 Å². The van der Waals surface area contributed by atoms with Gasteiger partial charge in [0.25, 0.3) is 6.43 Å². The van der Waals surface area contributed by atoms with Gasteiger partial charge in [-0.15, -0.1) is 0 Å². The summed E-state index contributed by atoms with van der Waals surface area (Å²) in [5.74, 6) is 0. The van der Waals surface area contributed by atoms with Gasteiger partial charge in [-0.05, 0) is 6.54 Å². The number of alkyl halides is 2. The van der Waals surface area contributed by atoms with Gasteiger partial charge in [0.15, 0.2) is 0 Å². The van der Waals surface area contributed by atoms with Gasteiger partial charge in [-0.25, -0.2) is 8.78 Å². The second kappa shape index (κ2) is 7.39. The van der Waals surface area contributed by atoms with E-state index in [2.05, 4.69) is 10.1 Å². The van der Waals surface area contributed by atoms with Crippen LogP contribution in [0.4, 0.5) is 8.78 Å². The largest absolute Gasteiger partial charge is 0.395 e. The summed E-state index contributed by atoms with van der Waals surface area (Å²) >= 11 is 0. The molecule has 0 aromatic rings. The first-order valence-corrected chi connectivity index (χ1v) is 3.90. The Hall–Kier alpha value is -0.260. The third-order valence-corrected chi connectivity index (χ3v) is 1.28. The Labute approximate surface area is 70.7 Å². The van der Waals surface area contributed by atoms with E-state index < -0.39 is 13.0 Å². The highest BCUT2D eigenvalue weighted by Gasteiger charge is 2.07. The zero-order valence-corrected chi connectivity index (χ0v) is 7.09. The fraction of sp³-hybridized carbons (Fsp3) is 1.00. The van der Waals surface area contributed by atoms with Crippen molar-refractivity contribution in [3.8, 4) is 0 Å². The van der Waals surface area contributed by atoms with Gasteiger partial charge in [0.1, 0.15) is 6.61 Å². The third-order valence-electron chi connectivity index (χ3n) is 1.28. The molecule has 0 aliphatic heterocycles. The first-order valence-electron chi connectivity index (χ1n) is 3.90. The molecule has 0 aromatic heterocycles. The molecule has 0 bridgehead atoms. The Balaban J connectivity index is 3.31. The Morgan fingerprint density at radius 1 is 1.42 bits per heavy atom. The molecule has 0 fully saturated rings. The van der Waals surface area contributed by atoms with Gasteiger partial charge in [0.2, 0.25) is 0 Å². The van der Waals surface area contributed by atoms with Crippen molar-refractivity contribution in [1.82, 2.24) is 5.32 Å². The molecule has 0 saturated carbocycles. The zero-order valence-electron chi connectivity index (χ0n) is 7.09. The van der Waals surface area contributed by atoms with E-state index in [9.17, 15) is 8.78 Å². The second-order valence-corrected chi connectivity index (χ2v) is 2.37. The lowest BCUT2D eigenvalue weighted by Gasteiger charge is -2.14. The first kappa shape index (κ1) is 11.7. The summed E-state index contributed by atoms with van der Waals surface area (Å²) in [6.07, 6.45) is -2.44. The van der Waals surface area contributed by atoms with E-state index in [1.54, 1.807) is 0 Å². The van der Waals surface area contributed by atoms with Gasteiger partial charge in [0.05, 0.1) is 19.3 Å². The molecule has 0 saturated heterocycles. The number of hydrogen-bond donors (Lipinski definition) is 2. The van der Waals surface area contributed by atoms with Crippen molar-refractivity contribution in [2.24, 2.45) is 0 Å². The number of likely N-dealkylation sites (N-methyl/N-ethyl adjacent to an activating group) is 1. The molecule has 0 aliphatic rings. The lowest BCUT2D eigenvalue weighted by Crippen LogP contribution is -2.36. The van der Waals surface area contributed by atoms with E-state index >= 15 is 0 Å². The quantitative estimate of drug-likeness (QED) is 0.594. The summed E-state index contributed by atoms with van der Waals surface area (Å²) in [5.41, 5.74) is 0. The van der Waals surface area contributed by atoms with Gasteiger partial charge in [-0.2, -0.15) is 0 Å². The molecule has 3 nitrogen and oxygen atoms in total. The Morgan fingerprint density at radius 3 is 2.50 bits per heavy atom. The molecule has 74 valence electrons. The normalized spacial score (nSPS) is 13.8. The van der Waals surface area contributed by atoms with Gasteiger partial charge < -0.3 is 15.2 Å². The maximum Gasteiger partial charge on any atom is 0.261 e. The van der Waals surface area contributed by atoms with Gasteiger partial charge in [0, 0.05) is 0 Å². The minimum absolute atomic E-state index is 0.100. The van der Waals surface area contributed by atoms with Crippen LogP contribution in [0.15, 0.2) is 0 Å². The van der Waals surface area contributed by atoms with E-state index in [4.69, 9.17) is 5.11 Å². The molecule has 0 aromatic carbocycles. The van der Waals surface area contributed by atoms with E-state index in [1.165, 1.54) is 0 Å². The fourth-order valence-electron chi connectivity index (χ4n) is 0.764. The topological polar surface area (TPSA) is 41.5 Å². The highest BCUT2D eigenvalue weighted by atomic mass is 19.3. The van der Waals surface area contributed by atoms with Crippen LogP contribution in [0.25, 0.3) is 0 Å². The molecule has 0 rings (SSSR count). The van der Waals surface area contributed by atoms with Crippen LogP contribution in [0.3, 0.4) is 0 Å². The molecular weight excluding hydrogens is 168 g/mol. The molecule has 5 heteroatoms. The third kappa shape index (κ3) is 6.45. The average Bonchev–Trinajstić information content (AvgIpc) is 2.02. The van der Waals surface area contributed by atoms with E-state index in [0.29, 0.717) is 6.54 Å². The van der Waals surface area contributed by atoms with Crippen LogP contribution in [-0.4, -0.2) is 43.9 Å². The number of aliphatic hydroxyl groups is 1. The molecule has 0 spiro atoms. The van der Waals surface area contributed by atoms with Crippen molar-refractivity contribution < 1.29 is 18.6 Å². The number of rotatable bonds is 7. The molecule has 2 N–H and O–H groups in total. The van der Waals surface area contributed by atoms with Crippen LogP contribution in [0.2, 0.25) is 0 Å². The zero-order chi connectivity index (χ0) is 9.40. The molecule has 0 radical (unpaired) electrons. The number of ether oxygens (including phenoxy) is 1. The summed E-state index contributed by atoms with van der Waals surface area (Å²) in [6, 6.07) is -0.242. The van der Waals surface area contributed by atoms with Crippen LogP contribution in [-0.2, 0) is 4.74 Å². The molecule has 1 unspecified atom stereocenters. The molecule has 1 atom stereocenters. The standard InChI is InChI=1S/C7H15F2NO2/c1-2-10-6(3-11)4-12-5-7(8)9/h6-7,10-11H,2-5H2,1H3. The lowest BCUT2D eigenvalue weighted by molar-refractivity contribution is 0.00381. The van der Waals surface area contributed by atoms with Crippen LogP contribution in [0.1, 0.15) is 6.92 Å². The van der Waals surface area contributed by atoms with E-state index in [1.807, 2.05) is 6.92 Å². The van der Waals surface area contributed by atoms with Crippen molar-refractivity contribution in [3.05, 3.63) is 0 Å². The van der Waals surface area contributed by atoms with E-state index in [0.717, 1.165) is 0 Å². The van der Waals surface area contributed by atoms with E-state index in [-0.39, 0.29) is 19.3 Å². The van der Waals surface area contributed by atoms with Crippen molar-refractivity contribution in [1.29, 1.82) is 0 Å². The van der Waals surface area contributed by atoms with Crippen molar-refractivity contribution >= 4 is 0 Å². The highest BCUT2D eigenvalue weighted by molar-refractivity contribution is 4.62. The minimum Gasteiger partial charge on any atom is -0.395 e. The summed E-state index contributed by atoms with van der Waals surface area (Å²) in [7, 11) is 0. The number of aliphatic hydroxyl groups excluding tert-OH is 1. The van der Waals surface area contributed by atoms with Crippen LogP contribution in [0, 0.1) is 0 Å². The smallest absolute Gasteiger partial charge is 0.261 e. The summed E-state index contributed by atoms with van der Waals surface area (Å²) < 4.78 is 27.8. The minimum atomic E-state index is -2.44. The molecule has 12 heavy (non-hydrogen) atoms. The number of nitrogens with one attached hydrogen (secondary N) is 1. The van der Waals surface area contributed by atoms with Crippen molar-refractivity contribution in [3.63, 3.8) is 0 Å². The summed E-state index contributed by atoms with van der Waals surface area (Å²) in [4.78, 5) is 0. The predicted molar refractivity (Wildman–Crippen MR) is 41.4 cm³/mol. The van der Waals surface area contributed by atoms with Crippen LogP contribution < -0.4 is 5.32 Å². The molecule has 0 heterocycles. The maximum absolute atomic E-state index is 11.6. The summed E-state index contributed by atoms with van der Waals surface area (Å²) in [6.45, 7) is 2.01. The number of hydrogen-bond acceptors (Lipinski definition) is 3. The van der Waals surface area contributed by atoms with Crippen LogP contribution >= 0.6 is 0 Å². The monoisotopic (exact) mass is 183 g/mol. The Morgan fingerprint density at radius 2 is 2.08 bits per heavy atom. The lowest BCUT2D eigenvalue weighted by atomic mass is 10.3. The SMILES string of the molecule is CCNC(CO)COCC(F)F. The summed E-state index contributed by atoms with van der Waals surface area (Å²) in [5, 5.41) is 11.6. The van der Waals surface area contributed by atoms with Gasteiger partial charge >= 0.3 is 0 Å². The highest BCUT2D eigenvalue weighted by Crippen LogP contribution is 1.93. The second-order valence-electron chi connectivity index (χ2n) is 2.37. The molecule has 0 amide bonds. The van der Waals surface area contributed by atoms with Crippen molar-refractivity contribution in [2.45, 2.75) is 19.4 Å².